The molecule has 5 nitrogen and oxygen atoms in total. The van der Waals surface area contributed by atoms with Gasteiger partial charge in [0.05, 0.1) is 12.4 Å². The van der Waals surface area contributed by atoms with Crippen molar-refractivity contribution in [1.29, 1.82) is 0 Å². The van der Waals surface area contributed by atoms with Crippen LogP contribution in [0, 0.1) is 0 Å². The second-order valence-corrected chi connectivity index (χ2v) is 4.54. The van der Waals surface area contributed by atoms with Gasteiger partial charge >= 0.3 is 0 Å². The molecule has 0 aromatic carbocycles. The molecule has 0 atom stereocenters. The molecule has 2 rings (SSSR count). The monoisotopic (exact) mass is 285 g/mol. The summed E-state index contributed by atoms with van der Waals surface area (Å²) < 4.78 is 1.96. The molecule has 0 saturated carbocycles. The number of anilines is 1. The standard InChI is InChI=1S/C11H13Cl2N5/c1-17-4-3-14-9(17)6-18(2)11-8(5-12)10(13)15-7-16-11/h3-4,7H,5-6H2,1-2H3. The van der Waals surface area contributed by atoms with Crippen molar-refractivity contribution in [3.63, 3.8) is 0 Å². The average Bonchev–Trinajstić information content (AvgIpc) is 2.74. The van der Waals surface area contributed by atoms with Gasteiger partial charge in [0.25, 0.3) is 0 Å². The maximum absolute atomic E-state index is 6.00. The van der Waals surface area contributed by atoms with Crippen LogP contribution in [0.25, 0.3) is 0 Å². The van der Waals surface area contributed by atoms with Crippen LogP contribution in [0.2, 0.25) is 5.15 Å². The summed E-state index contributed by atoms with van der Waals surface area (Å²) in [7, 11) is 3.87. The molecule has 2 aromatic rings. The van der Waals surface area contributed by atoms with Gasteiger partial charge in [0.15, 0.2) is 0 Å². The fourth-order valence-corrected chi connectivity index (χ4v) is 2.17. The molecule has 2 heterocycles. The van der Waals surface area contributed by atoms with Crippen LogP contribution in [0.15, 0.2) is 18.7 Å². The third-order valence-electron chi connectivity index (χ3n) is 2.66. The Bertz CT molecular complexity index is 540. The molecule has 0 amide bonds. The van der Waals surface area contributed by atoms with E-state index >= 15 is 0 Å². The smallest absolute Gasteiger partial charge is 0.138 e. The summed E-state index contributed by atoms with van der Waals surface area (Å²) >= 11 is 11.9. The lowest BCUT2D eigenvalue weighted by Gasteiger charge is -2.20. The van der Waals surface area contributed by atoms with Crippen LogP contribution in [0.4, 0.5) is 5.82 Å². The summed E-state index contributed by atoms with van der Waals surface area (Å²) in [5.74, 6) is 1.95. The summed E-state index contributed by atoms with van der Waals surface area (Å²) in [6, 6.07) is 0. The molecule has 0 aliphatic rings. The van der Waals surface area contributed by atoms with Crippen molar-refractivity contribution >= 4 is 29.0 Å². The van der Waals surface area contributed by atoms with E-state index in [9.17, 15) is 0 Å². The number of hydrogen-bond acceptors (Lipinski definition) is 4. The first kappa shape index (κ1) is 13.1. The Labute approximate surface area is 115 Å². The van der Waals surface area contributed by atoms with Crippen molar-refractivity contribution in [2.24, 2.45) is 7.05 Å². The number of nitrogens with zero attached hydrogens (tertiary/aromatic N) is 5. The van der Waals surface area contributed by atoms with Gasteiger partial charge in [0, 0.05) is 32.1 Å². The Hall–Kier alpha value is -1.33. The van der Waals surface area contributed by atoms with Crippen molar-refractivity contribution in [2.45, 2.75) is 12.4 Å². The van der Waals surface area contributed by atoms with Crippen LogP contribution in [-0.4, -0.2) is 26.6 Å². The van der Waals surface area contributed by atoms with E-state index in [4.69, 9.17) is 23.2 Å². The topological polar surface area (TPSA) is 46.8 Å². The van der Waals surface area contributed by atoms with Crippen LogP contribution >= 0.6 is 23.2 Å². The van der Waals surface area contributed by atoms with Gasteiger partial charge in [-0.25, -0.2) is 15.0 Å². The van der Waals surface area contributed by atoms with Gasteiger partial charge in [-0.2, -0.15) is 0 Å². The molecule has 0 aliphatic heterocycles. The third-order valence-corrected chi connectivity index (χ3v) is 3.26. The van der Waals surface area contributed by atoms with Crippen molar-refractivity contribution < 1.29 is 0 Å². The second kappa shape index (κ2) is 5.54. The van der Waals surface area contributed by atoms with Crippen LogP contribution in [0.5, 0.6) is 0 Å². The molecule has 96 valence electrons. The van der Waals surface area contributed by atoms with Gasteiger partial charge in [0.1, 0.15) is 23.1 Å². The normalized spacial score (nSPS) is 10.7. The number of imidazole rings is 1. The molecule has 2 aromatic heterocycles. The lowest BCUT2D eigenvalue weighted by atomic mass is 10.3. The predicted molar refractivity (Wildman–Crippen MR) is 71.9 cm³/mol. The van der Waals surface area contributed by atoms with Gasteiger partial charge in [0.2, 0.25) is 0 Å². The molecule has 0 N–H and O–H groups in total. The highest BCUT2D eigenvalue weighted by Crippen LogP contribution is 2.24. The fraction of sp³-hybridized carbons (Fsp3) is 0.364. The molecule has 18 heavy (non-hydrogen) atoms. The summed E-state index contributed by atoms with van der Waals surface area (Å²) in [5, 5.41) is 0.390. The third kappa shape index (κ3) is 2.57. The van der Waals surface area contributed by atoms with E-state index in [0.717, 1.165) is 17.2 Å². The first-order valence-electron chi connectivity index (χ1n) is 5.36. The molecule has 0 bridgehead atoms. The molecule has 0 radical (unpaired) electrons. The lowest BCUT2D eigenvalue weighted by Crippen LogP contribution is -2.21. The number of rotatable bonds is 4. The number of alkyl halides is 1. The van der Waals surface area contributed by atoms with Gasteiger partial charge in [-0.1, -0.05) is 11.6 Å². The maximum atomic E-state index is 6.00. The zero-order valence-corrected chi connectivity index (χ0v) is 11.7. The Kier molecular flexibility index (Phi) is 4.04. The van der Waals surface area contributed by atoms with E-state index in [1.807, 2.05) is 29.8 Å². The number of aromatic nitrogens is 4. The van der Waals surface area contributed by atoms with Crippen LogP contribution in [-0.2, 0) is 19.5 Å². The molecule has 0 fully saturated rings. The van der Waals surface area contributed by atoms with Crippen molar-refractivity contribution in [3.8, 4) is 0 Å². The highest BCUT2D eigenvalue weighted by molar-refractivity contribution is 6.31. The van der Waals surface area contributed by atoms with E-state index in [2.05, 4.69) is 15.0 Å². The van der Waals surface area contributed by atoms with E-state index < -0.39 is 0 Å². The minimum atomic E-state index is 0.278. The summed E-state index contributed by atoms with van der Waals surface area (Å²) in [4.78, 5) is 14.4. The van der Waals surface area contributed by atoms with Gasteiger partial charge in [-0.3, -0.25) is 0 Å². The number of hydrogen-bond donors (Lipinski definition) is 0. The Morgan fingerprint density at radius 2 is 2.11 bits per heavy atom. The summed E-state index contributed by atoms with van der Waals surface area (Å²) in [6.07, 6.45) is 5.10. The maximum Gasteiger partial charge on any atom is 0.138 e. The molecular weight excluding hydrogens is 273 g/mol. The molecule has 7 heteroatoms. The second-order valence-electron chi connectivity index (χ2n) is 3.91. The van der Waals surface area contributed by atoms with Crippen molar-refractivity contribution in [3.05, 3.63) is 35.3 Å². The first-order valence-corrected chi connectivity index (χ1v) is 6.27. The van der Waals surface area contributed by atoms with Crippen LogP contribution in [0.3, 0.4) is 0 Å². The molecule has 0 unspecified atom stereocenters. The van der Waals surface area contributed by atoms with E-state index in [0.29, 0.717) is 11.7 Å². The van der Waals surface area contributed by atoms with E-state index in [-0.39, 0.29) is 5.88 Å². The Morgan fingerprint density at radius 1 is 1.33 bits per heavy atom. The van der Waals surface area contributed by atoms with Crippen molar-refractivity contribution in [2.75, 3.05) is 11.9 Å². The minimum absolute atomic E-state index is 0.278. The summed E-state index contributed by atoms with van der Waals surface area (Å²) in [6.45, 7) is 0.626. The highest BCUT2D eigenvalue weighted by atomic mass is 35.5. The van der Waals surface area contributed by atoms with Crippen molar-refractivity contribution in [1.82, 2.24) is 19.5 Å². The quantitative estimate of drug-likeness (QED) is 0.639. The molecule has 0 spiro atoms. The van der Waals surface area contributed by atoms with E-state index in [1.165, 1.54) is 6.33 Å². The molecule has 0 aliphatic carbocycles. The highest BCUT2D eigenvalue weighted by Gasteiger charge is 2.14. The number of aryl methyl sites for hydroxylation is 1. The predicted octanol–water partition coefficient (Wildman–Crippen LogP) is 2.24. The van der Waals surface area contributed by atoms with Gasteiger partial charge in [-0.15, -0.1) is 11.6 Å². The zero-order chi connectivity index (χ0) is 13.1. The lowest BCUT2D eigenvalue weighted by molar-refractivity contribution is 0.752. The molecule has 0 saturated heterocycles. The average molecular weight is 286 g/mol. The van der Waals surface area contributed by atoms with Gasteiger partial charge in [-0.05, 0) is 0 Å². The SMILES string of the molecule is CN(Cc1nccn1C)c1ncnc(Cl)c1CCl. The van der Waals surface area contributed by atoms with E-state index in [1.54, 1.807) is 6.20 Å². The first-order chi connectivity index (χ1) is 8.63. The Balaban J connectivity index is 2.26. The fourth-order valence-electron chi connectivity index (χ4n) is 1.66. The van der Waals surface area contributed by atoms with Crippen LogP contribution in [0.1, 0.15) is 11.4 Å². The van der Waals surface area contributed by atoms with Gasteiger partial charge < -0.3 is 9.47 Å². The molecular formula is C11H13Cl2N5. The minimum Gasteiger partial charge on any atom is -0.352 e. The number of halogens is 2. The van der Waals surface area contributed by atoms with Crippen LogP contribution < -0.4 is 4.90 Å². The zero-order valence-electron chi connectivity index (χ0n) is 10.1. The summed E-state index contributed by atoms with van der Waals surface area (Å²) in [5.41, 5.74) is 0.734. The Morgan fingerprint density at radius 3 is 2.72 bits per heavy atom. The largest absolute Gasteiger partial charge is 0.352 e.